The van der Waals surface area contributed by atoms with Gasteiger partial charge in [-0.3, -0.25) is 0 Å². The predicted molar refractivity (Wildman–Crippen MR) is 68.4 cm³/mol. The van der Waals surface area contributed by atoms with Crippen LogP contribution in [0.25, 0.3) is 0 Å². The fraction of sp³-hybridized carbons (Fsp3) is 0.571. The summed E-state index contributed by atoms with van der Waals surface area (Å²) >= 11 is 0. The topological polar surface area (TPSA) is 41.5 Å². The number of aliphatic hydroxyl groups excluding tert-OH is 1. The summed E-state index contributed by atoms with van der Waals surface area (Å²) in [5.41, 5.74) is 2.26. The van der Waals surface area contributed by atoms with Crippen molar-refractivity contribution in [3.63, 3.8) is 0 Å². The maximum atomic E-state index is 10.3. The molecule has 0 saturated heterocycles. The van der Waals surface area contributed by atoms with Crippen LogP contribution in [-0.4, -0.2) is 24.8 Å². The van der Waals surface area contributed by atoms with Gasteiger partial charge in [0.25, 0.3) is 0 Å². The first kappa shape index (κ1) is 12.4. The summed E-state index contributed by atoms with van der Waals surface area (Å²) in [6, 6.07) is 6.16. The second kappa shape index (κ2) is 5.52. The lowest BCUT2D eigenvalue weighted by Gasteiger charge is -2.31. The van der Waals surface area contributed by atoms with E-state index in [9.17, 15) is 5.11 Å². The summed E-state index contributed by atoms with van der Waals surface area (Å²) in [5.74, 6) is 0.818. The maximum absolute atomic E-state index is 10.3. The first-order chi connectivity index (χ1) is 8.26. The summed E-state index contributed by atoms with van der Waals surface area (Å²) in [4.78, 5) is 0. The predicted octanol–water partition coefficient (Wildman–Crippen LogP) is 2.04. The minimum absolute atomic E-state index is 0.176. The minimum Gasteiger partial charge on any atom is -0.497 e. The van der Waals surface area contributed by atoms with Crippen molar-refractivity contribution in [2.24, 2.45) is 0 Å². The van der Waals surface area contributed by atoms with Gasteiger partial charge in [0.1, 0.15) is 5.75 Å². The van der Waals surface area contributed by atoms with E-state index < -0.39 is 6.10 Å². The van der Waals surface area contributed by atoms with Gasteiger partial charge in [0.05, 0.1) is 13.2 Å². The molecule has 1 aromatic rings. The quantitative estimate of drug-likeness (QED) is 0.839. The molecule has 94 valence electrons. The molecule has 0 saturated carbocycles. The van der Waals surface area contributed by atoms with E-state index in [1.54, 1.807) is 7.11 Å². The van der Waals surface area contributed by atoms with Crippen LogP contribution in [0.2, 0.25) is 0 Å². The van der Waals surface area contributed by atoms with Crippen molar-refractivity contribution in [1.29, 1.82) is 0 Å². The zero-order valence-corrected chi connectivity index (χ0v) is 10.6. The Hall–Kier alpha value is -1.06. The zero-order valence-electron chi connectivity index (χ0n) is 10.6. The summed E-state index contributed by atoms with van der Waals surface area (Å²) in [5, 5.41) is 13.8. The Morgan fingerprint density at radius 2 is 2.29 bits per heavy atom. The molecule has 2 atom stereocenters. The van der Waals surface area contributed by atoms with Gasteiger partial charge in [-0.1, -0.05) is 13.0 Å². The number of hydrogen-bond acceptors (Lipinski definition) is 3. The summed E-state index contributed by atoms with van der Waals surface area (Å²) in [6.45, 7) is 3.10. The monoisotopic (exact) mass is 235 g/mol. The van der Waals surface area contributed by atoms with E-state index in [2.05, 4.69) is 18.3 Å². The molecule has 1 aromatic carbocycles. The normalized spacial score (nSPS) is 23.2. The van der Waals surface area contributed by atoms with Crippen molar-refractivity contribution in [2.75, 3.05) is 13.7 Å². The third-order valence-corrected chi connectivity index (χ3v) is 3.43. The van der Waals surface area contributed by atoms with E-state index in [0.717, 1.165) is 37.1 Å². The fourth-order valence-electron chi connectivity index (χ4n) is 2.43. The molecule has 3 nitrogen and oxygen atoms in total. The molecule has 0 spiro atoms. The lowest BCUT2D eigenvalue weighted by atomic mass is 9.85. The van der Waals surface area contributed by atoms with Crippen LogP contribution < -0.4 is 10.1 Å². The molecule has 2 rings (SSSR count). The Balaban J connectivity index is 2.18. The van der Waals surface area contributed by atoms with Gasteiger partial charge in [-0.2, -0.15) is 0 Å². The maximum Gasteiger partial charge on any atom is 0.119 e. The Bertz CT molecular complexity index is 378. The van der Waals surface area contributed by atoms with Crippen molar-refractivity contribution in [2.45, 2.75) is 38.3 Å². The Labute approximate surface area is 103 Å². The molecular formula is C14H21NO2. The molecular weight excluding hydrogens is 214 g/mol. The largest absolute Gasteiger partial charge is 0.497 e. The summed E-state index contributed by atoms with van der Waals surface area (Å²) in [6.07, 6.45) is 2.70. The molecule has 0 amide bonds. The van der Waals surface area contributed by atoms with Gasteiger partial charge in [-0.25, -0.2) is 0 Å². The van der Waals surface area contributed by atoms with E-state index in [1.807, 2.05) is 12.1 Å². The molecule has 0 bridgehead atoms. The molecule has 0 aromatic heterocycles. The molecule has 1 aliphatic carbocycles. The number of aliphatic hydroxyl groups is 1. The molecule has 0 heterocycles. The van der Waals surface area contributed by atoms with E-state index in [4.69, 9.17) is 4.74 Å². The Kier molecular flexibility index (Phi) is 4.02. The molecule has 1 aliphatic rings. The second-order valence-corrected chi connectivity index (χ2v) is 4.61. The van der Waals surface area contributed by atoms with Crippen LogP contribution in [0, 0.1) is 0 Å². The van der Waals surface area contributed by atoms with Crippen LogP contribution in [0.3, 0.4) is 0 Å². The van der Waals surface area contributed by atoms with Crippen LogP contribution in [0.5, 0.6) is 5.75 Å². The van der Waals surface area contributed by atoms with Crippen LogP contribution >= 0.6 is 0 Å². The average molecular weight is 235 g/mol. The van der Waals surface area contributed by atoms with Gasteiger partial charge in [0.2, 0.25) is 0 Å². The molecule has 2 N–H and O–H groups in total. The minimum atomic E-state index is -0.416. The molecule has 17 heavy (non-hydrogen) atoms. The van der Waals surface area contributed by atoms with E-state index in [-0.39, 0.29) is 6.04 Å². The average Bonchev–Trinajstić information content (AvgIpc) is 2.38. The SMILES string of the molecule is CCCN[C@@H]1CCc2ccc(OC)cc2[C@H]1O. The number of benzene rings is 1. The van der Waals surface area contributed by atoms with Crippen LogP contribution in [0.1, 0.15) is 37.0 Å². The van der Waals surface area contributed by atoms with Gasteiger partial charge in [-0.15, -0.1) is 0 Å². The number of hydrogen-bond donors (Lipinski definition) is 2. The van der Waals surface area contributed by atoms with E-state index >= 15 is 0 Å². The van der Waals surface area contributed by atoms with Crippen LogP contribution in [-0.2, 0) is 6.42 Å². The van der Waals surface area contributed by atoms with Gasteiger partial charge < -0.3 is 15.2 Å². The van der Waals surface area contributed by atoms with Gasteiger partial charge >= 0.3 is 0 Å². The first-order valence-corrected chi connectivity index (χ1v) is 6.34. The molecule has 0 aliphatic heterocycles. The smallest absolute Gasteiger partial charge is 0.119 e. The summed E-state index contributed by atoms with van der Waals surface area (Å²) in [7, 11) is 1.66. The lowest BCUT2D eigenvalue weighted by molar-refractivity contribution is 0.115. The Morgan fingerprint density at radius 3 is 3.00 bits per heavy atom. The highest BCUT2D eigenvalue weighted by atomic mass is 16.5. The number of methoxy groups -OCH3 is 1. The van der Waals surface area contributed by atoms with Crippen LogP contribution in [0.4, 0.5) is 0 Å². The highest BCUT2D eigenvalue weighted by Crippen LogP contribution is 2.32. The van der Waals surface area contributed by atoms with E-state index in [1.165, 1.54) is 5.56 Å². The number of ether oxygens (including phenoxy) is 1. The number of rotatable bonds is 4. The van der Waals surface area contributed by atoms with E-state index in [0.29, 0.717) is 0 Å². The fourth-order valence-corrected chi connectivity index (χ4v) is 2.43. The number of fused-ring (bicyclic) bond motifs is 1. The van der Waals surface area contributed by atoms with Crippen LogP contribution in [0.15, 0.2) is 18.2 Å². The summed E-state index contributed by atoms with van der Waals surface area (Å²) < 4.78 is 5.21. The highest BCUT2D eigenvalue weighted by Gasteiger charge is 2.27. The van der Waals surface area contributed by atoms with Crippen molar-refractivity contribution in [3.05, 3.63) is 29.3 Å². The molecule has 0 unspecified atom stereocenters. The zero-order chi connectivity index (χ0) is 12.3. The highest BCUT2D eigenvalue weighted by molar-refractivity contribution is 5.39. The number of aryl methyl sites for hydroxylation is 1. The number of nitrogens with one attached hydrogen (secondary N) is 1. The third kappa shape index (κ3) is 2.61. The molecule has 0 fully saturated rings. The standard InChI is InChI=1S/C14H21NO2/c1-3-8-15-13-7-5-10-4-6-11(17-2)9-12(10)14(13)16/h4,6,9,13-16H,3,5,7-8H2,1-2H3/t13-,14-/m1/s1. The van der Waals surface area contributed by atoms with Gasteiger partial charge in [-0.05, 0) is 49.1 Å². The van der Waals surface area contributed by atoms with Gasteiger partial charge in [0.15, 0.2) is 0 Å². The lowest BCUT2D eigenvalue weighted by Crippen LogP contribution is -2.38. The molecule has 0 radical (unpaired) electrons. The first-order valence-electron chi connectivity index (χ1n) is 6.34. The Morgan fingerprint density at radius 1 is 1.47 bits per heavy atom. The van der Waals surface area contributed by atoms with Crippen molar-refractivity contribution >= 4 is 0 Å². The van der Waals surface area contributed by atoms with Crippen molar-refractivity contribution in [1.82, 2.24) is 5.32 Å². The van der Waals surface area contributed by atoms with Gasteiger partial charge in [0, 0.05) is 6.04 Å². The second-order valence-electron chi connectivity index (χ2n) is 4.61. The van der Waals surface area contributed by atoms with Crippen molar-refractivity contribution in [3.8, 4) is 5.75 Å². The molecule has 3 heteroatoms. The third-order valence-electron chi connectivity index (χ3n) is 3.43. The van der Waals surface area contributed by atoms with Crippen molar-refractivity contribution < 1.29 is 9.84 Å².